The average Bonchev–Trinajstić information content (AvgIpc) is 2.61. The van der Waals surface area contributed by atoms with Crippen molar-refractivity contribution in [3.63, 3.8) is 0 Å². The van der Waals surface area contributed by atoms with Crippen LogP contribution >= 0.6 is 0 Å². The molecule has 1 heterocycles. The molecule has 2 aromatic carbocycles. The van der Waals surface area contributed by atoms with E-state index in [1.54, 1.807) is 6.33 Å². The van der Waals surface area contributed by atoms with Crippen LogP contribution in [0, 0.1) is 0 Å². The highest BCUT2D eigenvalue weighted by molar-refractivity contribution is 5.63. The van der Waals surface area contributed by atoms with Gasteiger partial charge in [-0.25, -0.2) is 9.97 Å². The highest BCUT2D eigenvalue weighted by atomic mass is 15.1. The maximum absolute atomic E-state index is 4.35. The van der Waals surface area contributed by atoms with Gasteiger partial charge in [-0.2, -0.15) is 0 Å². The standard InChI is InChI=1S/C21H24N4/c1-21(2,3)17-11-7-8-12-18(17)25-20-13-19(23-15-24-20)22-14-16-9-5-4-6-10-16/h4-13,15H,14H2,1-3H3,(H2,22,23,24,25). The highest BCUT2D eigenvalue weighted by Crippen LogP contribution is 2.31. The fourth-order valence-electron chi connectivity index (χ4n) is 2.69. The second-order valence-electron chi connectivity index (χ2n) is 7.05. The van der Waals surface area contributed by atoms with Crippen LogP contribution in [0.5, 0.6) is 0 Å². The second kappa shape index (κ2) is 7.34. The van der Waals surface area contributed by atoms with E-state index in [0.717, 1.165) is 23.9 Å². The summed E-state index contributed by atoms with van der Waals surface area (Å²) in [5.74, 6) is 1.58. The predicted octanol–water partition coefficient (Wildman–Crippen LogP) is 5.13. The van der Waals surface area contributed by atoms with Crippen molar-refractivity contribution in [1.82, 2.24) is 9.97 Å². The third-order valence-electron chi connectivity index (χ3n) is 3.98. The van der Waals surface area contributed by atoms with Gasteiger partial charge in [0.15, 0.2) is 0 Å². The molecule has 0 saturated carbocycles. The SMILES string of the molecule is CC(C)(C)c1ccccc1Nc1cc(NCc2ccccc2)ncn1. The lowest BCUT2D eigenvalue weighted by molar-refractivity contribution is 0.592. The minimum atomic E-state index is 0.0605. The molecule has 0 aliphatic rings. The van der Waals surface area contributed by atoms with Gasteiger partial charge in [-0.05, 0) is 22.6 Å². The Labute approximate surface area is 149 Å². The molecular weight excluding hydrogens is 308 g/mol. The number of hydrogen-bond acceptors (Lipinski definition) is 4. The van der Waals surface area contributed by atoms with Crippen LogP contribution in [0.15, 0.2) is 67.0 Å². The second-order valence-corrected chi connectivity index (χ2v) is 7.05. The van der Waals surface area contributed by atoms with Gasteiger partial charge in [-0.15, -0.1) is 0 Å². The third-order valence-corrected chi connectivity index (χ3v) is 3.98. The molecular formula is C21H24N4. The minimum absolute atomic E-state index is 0.0605. The van der Waals surface area contributed by atoms with Gasteiger partial charge in [0.2, 0.25) is 0 Å². The Kier molecular flexibility index (Phi) is 4.98. The Balaban J connectivity index is 1.74. The van der Waals surface area contributed by atoms with Gasteiger partial charge in [0.05, 0.1) is 0 Å². The Bertz CT molecular complexity index is 823. The molecule has 0 fully saturated rings. The predicted molar refractivity (Wildman–Crippen MR) is 104 cm³/mol. The molecule has 4 heteroatoms. The van der Waals surface area contributed by atoms with Crippen LogP contribution in [0.25, 0.3) is 0 Å². The summed E-state index contributed by atoms with van der Waals surface area (Å²) in [5, 5.41) is 6.77. The molecule has 4 nitrogen and oxygen atoms in total. The Hall–Kier alpha value is -2.88. The molecule has 1 aromatic heterocycles. The molecule has 0 saturated heterocycles. The Morgan fingerprint density at radius 2 is 1.52 bits per heavy atom. The molecule has 3 rings (SSSR count). The first kappa shape index (κ1) is 17.0. The number of hydrogen-bond donors (Lipinski definition) is 2. The first-order valence-electron chi connectivity index (χ1n) is 8.49. The van der Waals surface area contributed by atoms with Crippen LogP contribution in [-0.2, 0) is 12.0 Å². The summed E-state index contributed by atoms with van der Waals surface area (Å²) in [6.45, 7) is 7.36. The Morgan fingerprint density at radius 3 is 2.28 bits per heavy atom. The molecule has 0 unspecified atom stereocenters. The fourth-order valence-corrected chi connectivity index (χ4v) is 2.69. The maximum Gasteiger partial charge on any atom is 0.135 e. The van der Waals surface area contributed by atoms with Crippen molar-refractivity contribution in [1.29, 1.82) is 0 Å². The van der Waals surface area contributed by atoms with E-state index in [9.17, 15) is 0 Å². The summed E-state index contributed by atoms with van der Waals surface area (Å²) < 4.78 is 0. The van der Waals surface area contributed by atoms with Crippen molar-refractivity contribution in [3.8, 4) is 0 Å². The minimum Gasteiger partial charge on any atom is -0.366 e. The van der Waals surface area contributed by atoms with Crippen LogP contribution in [0.3, 0.4) is 0 Å². The van der Waals surface area contributed by atoms with Crippen molar-refractivity contribution < 1.29 is 0 Å². The molecule has 0 bridgehead atoms. The molecule has 0 aliphatic carbocycles. The molecule has 25 heavy (non-hydrogen) atoms. The fraction of sp³-hybridized carbons (Fsp3) is 0.238. The average molecular weight is 332 g/mol. The zero-order valence-corrected chi connectivity index (χ0v) is 15.0. The quantitative estimate of drug-likeness (QED) is 0.680. The third kappa shape index (κ3) is 4.57. The smallest absolute Gasteiger partial charge is 0.135 e. The lowest BCUT2D eigenvalue weighted by atomic mass is 9.86. The number of benzene rings is 2. The zero-order chi connectivity index (χ0) is 17.7. The normalized spacial score (nSPS) is 11.2. The van der Waals surface area contributed by atoms with Crippen LogP contribution in [0.4, 0.5) is 17.3 Å². The van der Waals surface area contributed by atoms with Gasteiger partial charge in [-0.1, -0.05) is 69.3 Å². The van der Waals surface area contributed by atoms with Gasteiger partial charge in [0, 0.05) is 18.3 Å². The van der Waals surface area contributed by atoms with E-state index in [0.29, 0.717) is 0 Å². The largest absolute Gasteiger partial charge is 0.366 e. The topological polar surface area (TPSA) is 49.8 Å². The Morgan fingerprint density at radius 1 is 0.840 bits per heavy atom. The highest BCUT2D eigenvalue weighted by Gasteiger charge is 2.17. The van der Waals surface area contributed by atoms with Gasteiger partial charge < -0.3 is 10.6 Å². The molecule has 0 atom stereocenters. The maximum atomic E-state index is 4.35. The number of rotatable bonds is 5. The van der Waals surface area contributed by atoms with Gasteiger partial charge in [0.1, 0.15) is 18.0 Å². The molecule has 0 spiro atoms. The van der Waals surface area contributed by atoms with E-state index in [2.05, 4.69) is 71.7 Å². The molecule has 3 aromatic rings. The summed E-state index contributed by atoms with van der Waals surface area (Å²) in [6, 6.07) is 20.5. The zero-order valence-electron chi connectivity index (χ0n) is 15.0. The van der Waals surface area contributed by atoms with Crippen LogP contribution in [0.1, 0.15) is 31.9 Å². The van der Waals surface area contributed by atoms with Gasteiger partial charge in [0.25, 0.3) is 0 Å². The van der Waals surface area contributed by atoms with Crippen LogP contribution in [-0.4, -0.2) is 9.97 Å². The number of anilines is 3. The molecule has 2 N–H and O–H groups in total. The van der Waals surface area contributed by atoms with Crippen molar-refractivity contribution in [2.75, 3.05) is 10.6 Å². The molecule has 128 valence electrons. The van der Waals surface area contributed by atoms with Gasteiger partial charge in [-0.3, -0.25) is 0 Å². The van der Waals surface area contributed by atoms with Crippen LogP contribution in [0.2, 0.25) is 0 Å². The first-order chi connectivity index (χ1) is 12.0. The van der Waals surface area contributed by atoms with E-state index < -0.39 is 0 Å². The van der Waals surface area contributed by atoms with E-state index >= 15 is 0 Å². The first-order valence-corrected chi connectivity index (χ1v) is 8.49. The van der Waals surface area contributed by atoms with E-state index in [-0.39, 0.29) is 5.41 Å². The summed E-state index contributed by atoms with van der Waals surface area (Å²) >= 11 is 0. The van der Waals surface area contributed by atoms with Crippen LogP contribution < -0.4 is 10.6 Å². The molecule has 0 aliphatic heterocycles. The van der Waals surface area contributed by atoms with Crippen molar-refractivity contribution in [2.45, 2.75) is 32.7 Å². The lowest BCUT2D eigenvalue weighted by Crippen LogP contribution is -2.13. The van der Waals surface area contributed by atoms with Crippen molar-refractivity contribution in [2.24, 2.45) is 0 Å². The van der Waals surface area contributed by atoms with E-state index in [4.69, 9.17) is 0 Å². The molecule has 0 amide bonds. The summed E-state index contributed by atoms with van der Waals surface area (Å²) in [4.78, 5) is 8.66. The van der Waals surface area contributed by atoms with Crippen molar-refractivity contribution in [3.05, 3.63) is 78.1 Å². The van der Waals surface area contributed by atoms with Crippen molar-refractivity contribution >= 4 is 17.3 Å². The summed E-state index contributed by atoms with van der Waals surface area (Å²) in [7, 11) is 0. The van der Waals surface area contributed by atoms with Gasteiger partial charge >= 0.3 is 0 Å². The molecule has 0 radical (unpaired) electrons. The van der Waals surface area contributed by atoms with E-state index in [1.807, 2.05) is 30.3 Å². The number of aromatic nitrogens is 2. The summed E-state index contributed by atoms with van der Waals surface area (Å²) in [5.41, 5.74) is 3.61. The number of para-hydroxylation sites is 1. The monoisotopic (exact) mass is 332 g/mol. The van der Waals surface area contributed by atoms with E-state index in [1.165, 1.54) is 11.1 Å². The number of nitrogens with one attached hydrogen (secondary N) is 2. The lowest BCUT2D eigenvalue weighted by Gasteiger charge is -2.23. The summed E-state index contributed by atoms with van der Waals surface area (Å²) in [6.07, 6.45) is 1.58. The number of nitrogens with zero attached hydrogens (tertiary/aromatic N) is 2.